The summed E-state index contributed by atoms with van der Waals surface area (Å²) in [6.07, 6.45) is 0.260. The normalized spacial score (nSPS) is 20.0. The van der Waals surface area contributed by atoms with Gasteiger partial charge in [0, 0.05) is 43.6 Å². The number of amides is 1. The van der Waals surface area contributed by atoms with Crippen LogP contribution < -0.4 is 10.6 Å². The van der Waals surface area contributed by atoms with E-state index in [2.05, 4.69) is 10.6 Å². The lowest BCUT2D eigenvalue weighted by Gasteiger charge is -2.40. The van der Waals surface area contributed by atoms with Crippen molar-refractivity contribution in [2.45, 2.75) is 68.3 Å². The SMILES string of the molecule is COC(=O)N[C@H](C(=O)Cc1cccc(F)c1CC[C@H]1CNC[C@H](C)N1S(=O)(=O)C1CC1)[C@@H](c1ccc(F)cc1)c1cc(F)cc(F)c1. The number of hydrogen-bond donors (Lipinski definition) is 2. The predicted octanol–water partition coefficient (Wildman–Crippen LogP) is 5.00. The molecule has 47 heavy (non-hydrogen) atoms. The number of ether oxygens (including phenoxy) is 1. The summed E-state index contributed by atoms with van der Waals surface area (Å²) in [5, 5.41) is 5.33. The molecule has 0 radical (unpaired) electrons. The lowest BCUT2D eigenvalue weighted by molar-refractivity contribution is -0.120. The van der Waals surface area contributed by atoms with Gasteiger partial charge >= 0.3 is 6.09 Å². The van der Waals surface area contributed by atoms with E-state index in [0.717, 1.165) is 31.4 Å². The summed E-state index contributed by atoms with van der Waals surface area (Å²) < 4.78 is 91.0. The van der Waals surface area contributed by atoms with Crippen molar-refractivity contribution in [1.29, 1.82) is 0 Å². The number of sulfonamides is 1. The third-order valence-electron chi connectivity index (χ3n) is 8.77. The number of carbonyl (C=O) groups is 2. The molecule has 0 unspecified atom stereocenters. The summed E-state index contributed by atoms with van der Waals surface area (Å²) in [6, 6.07) is 9.73. The predicted molar refractivity (Wildman–Crippen MR) is 167 cm³/mol. The average Bonchev–Trinajstić information content (AvgIpc) is 3.87. The van der Waals surface area contributed by atoms with Gasteiger partial charge in [0.25, 0.3) is 0 Å². The van der Waals surface area contributed by atoms with Gasteiger partial charge in [-0.2, -0.15) is 4.31 Å². The molecule has 0 bridgehead atoms. The van der Waals surface area contributed by atoms with Crippen molar-refractivity contribution in [3.8, 4) is 0 Å². The van der Waals surface area contributed by atoms with E-state index in [0.29, 0.717) is 37.6 Å². The molecule has 2 N–H and O–H groups in total. The average molecular weight is 676 g/mol. The van der Waals surface area contributed by atoms with Crippen molar-refractivity contribution >= 4 is 21.9 Å². The van der Waals surface area contributed by atoms with Crippen molar-refractivity contribution in [2.24, 2.45) is 0 Å². The molecule has 1 saturated heterocycles. The maximum absolute atomic E-state index is 15.4. The molecule has 252 valence electrons. The molecule has 3 aromatic carbocycles. The number of methoxy groups -OCH3 is 1. The summed E-state index contributed by atoms with van der Waals surface area (Å²) in [5.74, 6) is -4.82. The minimum atomic E-state index is -3.51. The van der Waals surface area contributed by atoms with Crippen molar-refractivity contribution in [3.63, 3.8) is 0 Å². The van der Waals surface area contributed by atoms with Gasteiger partial charge < -0.3 is 15.4 Å². The summed E-state index contributed by atoms with van der Waals surface area (Å²) in [5.41, 5.74) is 0.805. The Labute approximate surface area is 271 Å². The topological polar surface area (TPSA) is 105 Å². The Hall–Kier alpha value is -3.81. The molecule has 1 aliphatic heterocycles. The summed E-state index contributed by atoms with van der Waals surface area (Å²) in [7, 11) is -2.42. The number of piperazine rings is 1. The number of Topliss-reactive ketones (excluding diaryl/α,β-unsaturated/α-hetero) is 1. The second kappa shape index (κ2) is 14.5. The van der Waals surface area contributed by atoms with Gasteiger partial charge in [-0.25, -0.2) is 30.8 Å². The van der Waals surface area contributed by atoms with E-state index in [1.54, 1.807) is 10.4 Å². The maximum Gasteiger partial charge on any atom is 0.407 e. The Morgan fingerprint density at radius 1 is 0.957 bits per heavy atom. The van der Waals surface area contributed by atoms with Crippen LogP contribution in [0.25, 0.3) is 0 Å². The zero-order valence-corrected chi connectivity index (χ0v) is 26.8. The first kappa shape index (κ1) is 34.5. The van der Waals surface area contributed by atoms with E-state index < -0.39 is 68.4 Å². The molecule has 5 rings (SSSR count). The molecule has 1 amide bonds. The maximum atomic E-state index is 15.4. The summed E-state index contributed by atoms with van der Waals surface area (Å²) >= 11 is 0. The number of nitrogens with zero attached hydrogens (tertiary/aromatic N) is 1. The second-order valence-corrected chi connectivity index (χ2v) is 14.3. The summed E-state index contributed by atoms with van der Waals surface area (Å²) in [6.45, 7) is 2.73. The van der Waals surface area contributed by atoms with Crippen LogP contribution in [0.2, 0.25) is 0 Å². The van der Waals surface area contributed by atoms with Gasteiger partial charge in [0.1, 0.15) is 29.3 Å². The highest BCUT2D eigenvalue weighted by Crippen LogP contribution is 2.35. The largest absolute Gasteiger partial charge is 0.453 e. The smallest absolute Gasteiger partial charge is 0.407 e. The second-order valence-electron chi connectivity index (χ2n) is 12.1. The number of benzene rings is 3. The Morgan fingerprint density at radius 2 is 1.64 bits per heavy atom. The summed E-state index contributed by atoms with van der Waals surface area (Å²) in [4.78, 5) is 26.6. The number of ketones is 1. The van der Waals surface area contributed by atoms with Crippen LogP contribution in [0.5, 0.6) is 0 Å². The van der Waals surface area contributed by atoms with Crippen LogP contribution in [0.4, 0.5) is 22.4 Å². The molecular formula is C34H37F4N3O5S. The fourth-order valence-corrected chi connectivity index (χ4v) is 8.67. The van der Waals surface area contributed by atoms with Crippen LogP contribution in [0.15, 0.2) is 60.7 Å². The molecule has 0 aromatic heterocycles. The minimum Gasteiger partial charge on any atom is -0.453 e. The third kappa shape index (κ3) is 8.02. The van der Waals surface area contributed by atoms with E-state index in [1.807, 2.05) is 6.92 Å². The van der Waals surface area contributed by atoms with Gasteiger partial charge in [0.2, 0.25) is 10.0 Å². The third-order valence-corrected chi connectivity index (χ3v) is 11.3. The zero-order chi connectivity index (χ0) is 33.9. The monoisotopic (exact) mass is 675 g/mol. The number of carbonyl (C=O) groups excluding carboxylic acids is 2. The van der Waals surface area contributed by atoms with Gasteiger partial charge in [-0.3, -0.25) is 4.79 Å². The van der Waals surface area contributed by atoms with E-state index in [4.69, 9.17) is 4.74 Å². The zero-order valence-electron chi connectivity index (χ0n) is 26.0. The van der Waals surface area contributed by atoms with Gasteiger partial charge in [-0.05, 0) is 85.2 Å². The van der Waals surface area contributed by atoms with Gasteiger partial charge in [0.15, 0.2) is 5.78 Å². The Bertz CT molecular complexity index is 1700. The van der Waals surface area contributed by atoms with Crippen LogP contribution >= 0.6 is 0 Å². The van der Waals surface area contributed by atoms with Crippen molar-refractivity contribution in [3.05, 3.63) is 106 Å². The van der Waals surface area contributed by atoms with Crippen LogP contribution in [0, 0.1) is 23.3 Å². The number of alkyl carbamates (subject to hydrolysis) is 1. The minimum absolute atomic E-state index is 0.000733. The first-order chi connectivity index (χ1) is 22.4. The Morgan fingerprint density at radius 3 is 2.28 bits per heavy atom. The van der Waals surface area contributed by atoms with Gasteiger partial charge in [-0.1, -0.05) is 24.3 Å². The number of rotatable bonds is 12. The van der Waals surface area contributed by atoms with Crippen LogP contribution in [0.3, 0.4) is 0 Å². The number of halogens is 4. The van der Waals surface area contributed by atoms with E-state index in [-0.39, 0.29) is 42.0 Å². The molecule has 2 aliphatic rings. The molecule has 13 heteroatoms. The van der Waals surface area contributed by atoms with Crippen LogP contribution in [-0.4, -0.2) is 68.2 Å². The Kier molecular flexibility index (Phi) is 10.7. The van der Waals surface area contributed by atoms with E-state index >= 15 is 4.39 Å². The molecule has 0 spiro atoms. The van der Waals surface area contributed by atoms with Crippen molar-refractivity contribution in [2.75, 3.05) is 20.2 Å². The van der Waals surface area contributed by atoms with E-state index in [9.17, 15) is 31.2 Å². The highest BCUT2D eigenvalue weighted by atomic mass is 32.2. The molecule has 2 fully saturated rings. The first-order valence-corrected chi connectivity index (χ1v) is 17.0. The van der Waals surface area contributed by atoms with Gasteiger partial charge in [0.05, 0.1) is 12.4 Å². The molecule has 4 atom stereocenters. The quantitative estimate of drug-likeness (QED) is 0.262. The van der Waals surface area contributed by atoms with Crippen molar-refractivity contribution < 1.29 is 40.3 Å². The van der Waals surface area contributed by atoms with Gasteiger partial charge in [-0.15, -0.1) is 0 Å². The molecular weight excluding hydrogens is 638 g/mol. The van der Waals surface area contributed by atoms with Crippen LogP contribution in [0.1, 0.15) is 54.4 Å². The molecule has 8 nitrogen and oxygen atoms in total. The molecule has 1 heterocycles. The first-order valence-electron chi connectivity index (χ1n) is 15.5. The molecule has 3 aromatic rings. The van der Waals surface area contributed by atoms with Crippen LogP contribution in [-0.2, 0) is 32.4 Å². The van der Waals surface area contributed by atoms with Crippen molar-refractivity contribution in [1.82, 2.24) is 14.9 Å². The lowest BCUT2D eigenvalue weighted by atomic mass is 9.81. The van der Waals surface area contributed by atoms with E-state index in [1.165, 1.54) is 24.3 Å². The highest BCUT2D eigenvalue weighted by molar-refractivity contribution is 7.90. The Balaban J connectivity index is 1.46. The molecule has 1 aliphatic carbocycles. The lowest BCUT2D eigenvalue weighted by Crippen LogP contribution is -2.59. The fraction of sp³-hybridized carbons (Fsp3) is 0.412. The standard InChI is InChI=1S/C34H37F4N3O5S/c1-20-18-39-19-27(41(20)47(44,45)28-11-12-28)10-13-29-22(4-3-5-30(29)38)16-31(42)33(40-34(43)46-2)32(21-6-8-24(35)9-7-21)23-14-25(36)17-26(37)15-23/h3-9,14-15,17,20,27-28,32-33,39H,10-13,16,18-19H2,1-2H3,(H,40,43)/t20-,27-,32-,33+/m0/s1. The number of hydrogen-bond acceptors (Lipinski definition) is 6. The number of nitrogens with one attached hydrogen (secondary N) is 2. The fourth-order valence-electron chi connectivity index (χ4n) is 6.42. The highest BCUT2D eigenvalue weighted by Gasteiger charge is 2.45. The molecule has 1 saturated carbocycles.